The van der Waals surface area contributed by atoms with Gasteiger partial charge in [0.05, 0.1) is 18.8 Å². The van der Waals surface area contributed by atoms with Crippen LogP contribution < -0.4 is 10.1 Å². The number of hydrogen-bond acceptors (Lipinski definition) is 2. The van der Waals surface area contributed by atoms with E-state index in [1.54, 1.807) is 7.11 Å². The van der Waals surface area contributed by atoms with Gasteiger partial charge in [0, 0.05) is 5.92 Å². The molecule has 2 aromatic carbocycles. The van der Waals surface area contributed by atoms with Crippen molar-refractivity contribution in [2.45, 2.75) is 25.3 Å². The molecule has 2 heteroatoms. The van der Waals surface area contributed by atoms with E-state index in [-0.39, 0.29) is 0 Å². The highest BCUT2D eigenvalue weighted by atomic mass is 16.5. The Kier molecular flexibility index (Phi) is 3.18. The SMILES string of the molecule is COc1ccc(C)c2c1N[C@H](c1ccccc1)[C@H]1CC=C[C@@H]21. The van der Waals surface area contributed by atoms with E-state index in [4.69, 9.17) is 4.74 Å². The van der Waals surface area contributed by atoms with Crippen LogP contribution in [0.15, 0.2) is 54.6 Å². The summed E-state index contributed by atoms with van der Waals surface area (Å²) in [7, 11) is 1.75. The average Bonchev–Trinajstić information content (AvgIpc) is 3.04. The first-order chi connectivity index (χ1) is 10.8. The molecule has 0 bridgehead atoms. The minimum absolute atomic E-state index is 0.337. The predicted molar refractivity (Wildman–Crippen MR) is 90.5 cm³/mol. The molecule has 4 rings (SSSR count). The Balaban J connectivity index is 1.87. The highest BCUT2D eigenvalue weighted by Crippen LogP contribution is 2.53. The summed E-state index contributed by atoms with van der Waals surface area (Å²) in [4.78, 5) is 0. The Hall–Kier alpha value is -2.22. The highest BCUT2D eigenvalue weighted by molar-refractivity contribution is 5.69. The van der Waals surface area contributed by atoms with E-state index in [0.717, 1.165) is 12.2 Å². The summed E-state index contributed by atoms with van der Waals surface area (Å²) in [5.74, 6) is 2.01. The molecule has 1 heterocycles. The standard InChI is InChI=1S/C20H21NO/c1-13-11-12-17(22-2)20-18(13)15-9-6-10-16(15)19(21-20)14-7-4-3-5-8-14/h3-9,11-12,15-16,19,21H,10H2,1-2H3/t15-,16+,19-/m1/s1. The fourth-order valence-corrected chi connectivity index (χ4v) is 4.03. The molecule has 2 aliphatic rings. The van der Waals surface area contributed by atoms with Crippen molar-refractivity contribution < 1.29 is 4.74 Å². The molecule has 1 aliphatic carbocycles. The third-order valence-electron chi connectivity index (χ3n) is 5.08. The van der Waals surface area contributed by atoms with Gasteiger partial charge in [-0.2, -0.15) is 0 Å². The van der Waals surface area contributed by atoms with Crippen LogP contribution >= 0.6 is 0 Å². The lowest BCUT2D eigenvalue weighted by atomic mass is 9.75. The first-order valence-electron chi connectivity index (χ1n) is 7.95. The lowest BCUT2D eigenvalue weighted by molar-refractivity contribution is 0.396. The molecule has 3 atom stereocenters. The van der Waals surface area contributed by atoms with Crippen molar-refractivity contribution in [2.75, 3.05) is 12.4 Å². The smallest absolute Gasteiger partial charge is 0.142 e. The van der Waals surface area contributed by atoms with Crippen LogP contribution in [0.4, 0.5) is 5.69 Å². The van der Waals surface area contributed by atoms with Gasteiger partial charge in [0.1, 0.15) is 5.75 Å². The highest BCUT2D eigenvalue weighted by Gasteiger charge is 2.39. The Labute approximate surface area is 131 Å². The average molecular weight is 291 g/mol. The molecule has 0 fully saturated rings. The number of rotatable bonds is 2. The summed E-state index contributed by atoms with van der Waals surface area (Å²) in [5, 5.41) is 3.78. The van der Waals surface area contributed by atoms with Crippen LogP contribution in [0.2, 0.25) is 0 Å². The topological polar surface area (TPSA) is 21.3 Å². The van der Waals surface area contributed by atoms with Crippen molar-refractivity contribution in [1.82, 2.24) is 0 Å². The fraction of sp³-hybridized carbons (Fsp3) is 0.300. The van der Waals surface area contributed by atoms with Gasteiger partial charge in [-0.3, -0.25) is 0 Å². The molecular weight excluding hydrogens is 270 g/mol. The van der Waals surface area contributed by atoms with Gasteiger partial charge >= 0.3 is 0 Å². The van der Waals surface area contributed by atoms with Crippen molar-refractivity contribution in [2.24, 2.45) is 5.92 Å². The van der Waals surface area contributed by atoms with Crippen LogP contribution in [0.5, 0.6) is 5.75 Å². The van der Waals surface area contributed by atoms with Gasteiger partial charge < -0.3 is 10.1 Å². The van der Waals surface area contributed by atoms with Gasteiger partial charge in [-0.15, -0.1) is 0 Å². The van der Waals surface area contributed by atoms with E-state index in [2.05, 4.69) is 66.9 Å². The molecule has 0 saturated carbocycles. The monoisotopic (exact) mass is 291 g/mol. The number of hydrogen-bond donors (Lipinski definition) is 1. The first-order valence-corrected chi connectivity index (χ1v) is 7.95. The molecule has 0 spiro atoms. The van der Waals surface area contributed by atoms with E-state index in [1.165, 1.54) is 22.4 Å². The second-order valence-corrected chi connectivity index (χ2v) is 6.26. The summed E-state index contributed by atoms with van der Waals surface area (Å²) in [6, 6.07) is 15.3. The number of ether oxygens (including phenoxy) is 1. The normalized spacial score (nSPS) is 25.3. The maximum Gasteiger partial charge on any atom is 0.142 e. The van der Waals surface area contributed by atoms with Crippen LogP contribution in [-0.2, 0) is 0 Å². The van der Waals surface area contributed by atoms with E-state index in [1.807, 2.05) is 0 Å². The number of nitrogens with one attached hydrogen (secondary N) is 1. The van der Waals surface area contributed by atoms with Crippen LogP contribution in [0.1, 0.15) is 35.1 Å². The van der Waals surface area contributed by atoms with Gasteiger partial charge in [-0.25, -0.2) is 0 Å². The van der Waals surface area contributed by atoms with E-state index in [0.29, 0.717) is 17.9 Å². The molecule has 2 aromatic rings. The summed E-state index contributed by atoms with van der Waals surface area (Å²) in [5.41, 5.74) is 5.28. The molecule has 0 radical (unpaired) electrons. The summed E-state index contributed by atoms with van der Waals surface area (Å²) in [6.07, 6.45) is 5.85. The van der Waals surface area contributed by atoms with Crippen LogP contribution in [0, 0.1) is 12.8 Å². The third-order valence-corrected chi connectivity index (χ3v) is 5.08. The lowest BCUT2D eigenvalue weighted by Gasteiger charge is -2.39. The van der Waals surface area contributed by atoms with E-state index < -0.39 is 0 Å². The van der Waals surface area contributed by atoms with Gasteiger partial charge in [-0.1, -0.05) is 48.6 Å². The molecule has 0 amide bonds. The number of anilines is 1. The number of methoxy groups -OCH3 is 1. The third kappa shape index (κ3) is 1.94. The van der Waals surface area contributed by atoms with Gasteiger partial charge in [0.2, 0.25) is 0 Å². The maximum absolute atomic E-state index is 5.61. The van der Waals surface area contributed by atoms with Crippen molar-refractivity contribution in [3.8, 4) is 5.75 Å². The van der Waals surface area contributed by atoms with Crippen LogP contribution in [0.25, 0.3) is 0 Å². The molecule has 0 aromatic heterocycles. The number of aryl methyl sites for hydroxylation is 1. The predicted octanol–water partition coefficient (Wildman–Crippen LogP) is 4.83. The Bertz CT molecular complexity index is 720. The minimum Gasteiger partial charge on any atom is -0.495 e. The Morgan fingerprint density at radius 1 is 1.09 bits per heavy atom. The van der Waals surface area contributed by atoms with Crippen LogP contribution in [0.3, 0.4) is 0 Å². The zero-order valence-corrected chi connectivity index (χ0v) is 13.0. The second kappa shape index (κ2) is 5.20. The molecule has 1 N–H and O–H groups in total. The summed E-state index contributed by atoms with van der Waals surface area (Å²) >= 11 is 0. The van der Waals surface area contributed by atoms with Crippen molar-refractivity contribution in [3.63, 3.8) is 0 Å². The molecule has 112 valence electrons. The van der Waals surface area contributed by atoms with Crippen molar-refractivity contribution >= 4 is 5.69 Å². The van der Waals surface area contributed by atoms with Crippen molar-refractivity contribution in [3.05, 3.63) is 71.3 Å². The summed E-state index contributed by atoms with van der Waals surface area (Å²) < 4.78 is 5.61. The molecule has 0 unspecified atom stereocenters. The fourth-order valence-electron chi connectivity index (χ4n) is 4.03. The second-order valence-electron chi connectivity index (χ2n) is 6.26. The number of fused-ring (bicyclic) bond motifs is 3. The number of allylic oxidation sites excluding steroid dienone is 2. The summed E-state index contributed by atoms with van der Waals surface area (Å²) in [6.45, 7) is 2.20. The Morgan fingerprint density at radius 3 is 2.68 bits per heavy atom. The lowest BCUT2D eigenvalue weighted by Crippen LogP contribution is -2.29. The van der Waals surface area contributed by atoms with Gasteiger partial charge in [0.15, 0.2) is 0 Å². The van der Waals surface area contributed by atoms with E-state index >= 15 is 0 Å². The first kappa shape index (κ1) is 13.4. The molecule has 0 saturated heterocycles. The zero-order chi connectivity index (χ0) is 15.1. The van der Waals surface area contributed by atoms with Crippen molar-refractivity contribution in [1.29, 1.82) is 0 Å². The van der Waals surface area contributed by atoms with E-state index in [9.17, 15) is 0 Å². The van der Waals surface area contributed by atoms with Crippen LogP contribution in [-0.4, -0.2) is 7.11 Å². The number of benzene rings is 2. The maximum atomic E-state index is 5.61. The quantitative estimate of drug-likeness (QED) is 0.800. The van der Waals surface area contributed by atoms with Gasteiger partial charge in [-0.05, 0) is 42.0 Å². The molecule has 22 heavy (non-hydrogen) atoms. The molecule has 2 nitrogen and oxygen atoms in total. The minimum atomic E-state index is 0.337. The molecule has 1 aliphatic heterocycles. The zero-order valence-electron chi connectivity index (χ0n) is 13.0. The Morgan fingerprint density at radius 2 is 1.91 bits per heavy atom. The largest absolute Gasteiger partial charge is 0.495 e. The molecular formula is C20H21NO. The van der Waals surface area contributed by atoms with Gasteiger partial charge in [0.25, 0.3) is 0 Å².